The van der Waals surface area contributed by atoms with Crippen LogP contribution in [0.5, 0.6) is 0 Å². The Hall–Kier alpha value is -1.69. The SMILES string of the molecule is CCSCCC(C)NC(=O)c1cccc(/C(N)=N/O)c1. The Morgan fingerprint density at radius 3 is 2.85 bits per heavy atom. The molecule has 1 atom stereocenters. The van der Waals surface area contributed by atoms with Gasteiger partial charge >= 0.3 is 0 Å². The van der Waals surface area contributed by atoms with Crippen LogP contribution in [0.15, 0.2) is 29.4 Å². The predicted molar refractivity (Wildman–Crippen MR) is 83.5 cm³/mol. The molecule has 20 heavy (non-hydrogen) atoms. The van der Waals surface area contributed by atoms with E-state index >= 15 is 0 Å². The minimum Gasteiger partial charge on any atom is -0.409 e. The molecule has 0 aliphatic carbocycles. The molecule has 0 aliphatic rings. The van der Waals surface area contributed by atoms with E-state index in [1.165, 1.54) is 0 Å². The largest absolute Gasteiger partial charge is 0.409 e. The van der Waals surface area contributed by atoms with Gasteiger partial charge < -0.3 is 16.3 Å². The first-order chi connectivity index (χ1) is 9.58. The van der Waals surface area contributed by atoms with Gasteiger partial charge in [-0.25, -0.2) is 0 Å². The fourth-order valence-electron chi connectivity index (χ4n) is 1.66. The maximum atomic E-state index is 12.1. The zero-order chi connectivity index (χ0) is 15.0. The van der Waals surface area contributed by atoms with Crippen molar-refractivity contribution in [1.29, 1.82) is 0 Å². The number of amidine groups is 1. The van der Waals surface area contributed by atoms with Gasteiger partial charge in [0.1, 0.15) is 0 Å². The molecule has 1 aromatic carbocycles. The first-order valence-electron chi connectivity index (χ1n) is 6.55. The van der Waals surface area contributed by atoms with Gasteiger partial charge in [0.25, 0.3) is 5.91 Å². The molecule has 0 aliphatic heterocycles. The summed E-state index contributed by atoms with van der Waals surface area (Å²) >= 11 is 1.86. The number of benzene rings is 1. The Morgan fingerprint density at radius 2 is 2.20 bits per heavy atom. The third kappa shape index (κ3) is 5.13. The number of rotatable bonds is 7. The molecule has 0 bridgehead atoms. The van der Waals surface area contributed by atoms with E-state index < -0.39 is 0 Å². The third-order valence-corrected chi connectivity index (χ3v) is 3.74. The van der Waals surface area contributed by atoms with E-state index in [1.807, 2.05) is 18.7 Å². The van der Waals surface area contributed by atoms with E-state index in [4.69, 9.17) is 10.9 Å². The number of nitrogens with one attached hydrogen (secondary N) is 1. The van der Waals surface area contributed by atoms with Crippen LogP contribution in [0.4, 0.5) is 0 Å². The smallest absolute Gasteiger partial charge is 0.251 e. The van der Waals surface area contributed by atoms with Crippen LogP contribution in [-0.2, 0) is 0 Å². The summed E-state index contributed by atoms with van der Waals surface area (Å²) in [5, 5.41) is 14.5. The zero-order valence-corrected chi connectivity index (χ0v) is 12.6. The topological polar surface area (TPSA) is 87.7 Å². The first-order valence-corrected chi connectivity index (χ1v) is 7.70. The van der Waals surface area contributed by atoms with E-state index in [2.05, 4.69) is 17.4 Å². The summed E-state index contributed by atoms with van der Waals surface area (Å²) in [6.45, 7) is 4.11. The lowest BCUT2D eigenvalue weighted by Crippen LogP contribution is -2.33. The number of thioether (sulfide) groups is 1. The highest BCUT2D eigenvalue weighted by molar-refractivity contribution is 7.99. The second kappa shape index (κ2) is 8.47. The van der Waals surface area contributed by atoms with Gasteiger partial charge in [0.15, 0.2) is 5.84 Å². The second-order valence-electron chi connectivity index (χ2n) is 4.43. The van der Waals surface area contributed by atoms with Crippen LogP contribution in [0.3, 0.4) is 0 Å². The highest BCUT2D eigenvalue weighted by atomic mass is 32.2. The van der Waals surface area contributed by atoms with Crippen LogP contribution in [-0.4, -0.2) is 34.5 Å². The molecule has 0 aromatic heterocycles. The van der Waals surface area contributed by atoms with Crippen molar-refractivity contribution in [1.82, 2.24) is 5.32 Å². The van der Waals surface area contributed by atoms with Gasteiger partial charge in [0.2, 0.25) is 0 Å². The summed E-state index contributed by atoms with van der Waals surface area (Å²) in [5.74, 6) is 1.96. The number of nitrogens with two attached hydrogens (primary N) is 1. The van der Waals surface area contributed by atoms with Crippen LogP contribution in [0.2, 0.25) is 0 Å². The van der Waals surface area contributed by atoms with Crippen molar-refractivity contribution in [2.75, 3.05) is 11.5 Å². The summed E-state index contributed by atoms with van der Waals surface area (Å²) in [5.41, 5.74) is 6.54. The molecule has 0 saturated carbocycles. The minimum atomic E-state index is -0.147. The maximum Gasteiger partial charge on any atom is 0.251 e. The predicted octanol–water partition coefficient (Wildman–Crippen LogP) is 2.04. The van der Waals surface area contributed by atoms with Crippen molar-refractivity contribution in [2.45, 2.75) is 26.3 Å². The van der Waals surface area contributed by atoms with Crippen molar-refractivity contribution < 1.29 is 10.0 Å². The molecule has 0 fully saturated rings. The van der Waals surface area contributed by atoms with Crippen molar-refractivity contribution in [2.24, 2.45) is 10.9 Å². The number of amides is 1. The molecule has 0 heterocycles. The maximum absolute atomic E-state index is 12.1. The average molecular weight is 295 g/mol. The molecule has 6 heteroatoms. The lowest BCUT2D eigenvalue weighted by molar-refractivity contribution is 0.0939. The number of oxime groups is 1. The molecule has 5 nitrogen and oxygen atoms in total. The standard InChI is InChI=1S/C14H21N3O2S/c1-3-20-8-7-10(2)16-14(18)12-6-4-5-11(9-12)13(15)17-19/h4-6,9-10,19H,3,7-8H2,1-2H3,(H2,15,17)(H,16,18). The molecular formula is C14H21N3O2S. The van der Waals surface area contributed by atoms with Gasteiger partial charge in [-0.05, 0) is 37.0 Å². The van der Waals surface area contributed by atoms with Crippen molar-refractivity contribution in [3.63, 3.8) is 0 Å². The molecule has 1 aromatic rings. The zero-order valence-electron chi connectivity index (χ0n) is 11.8. The van der Waals surface area contributed by atoms with Gasteiger partial charge in [-0.15, -0.1) is 0 Å². The van der Waals surface area contributed by atoms with Gasteiger partial charge in [-0.2, -0.15) is 11.8 Å². The van der Waals surface area contributed by atoms with Crippen LogP contribution in [0.25, 0.3) is 0 Å². The van der Waals surface area contributed by atoms with Gasteiger partial charge in [0.05, 0.1) is 0 Å². The fraction of sp³-hybridized carbons (Fsp3) is 0.429. The van der Waals surface area contributed by atoms with E-state index in [0.717, 1.165) is 17.9 Å². The molecule has 110 valence electrons. The number of carbonyl (C=O) groups is 1. The van der Waals surface area contributed by atoms with E-state index in [9.17, 15) is 4.79 Å². The van der Waals surface area contributed by atoms with Gasteiger partial charge in [-0.1, -0.05) is 24.2 Å². The third-order valence-electron chi connectivity index (χ3n) is 2.81. The Balaban J connectivity index is 2.63. The average Bonchev–Trinajstić information content (AvgIpc) is 2.46. The molecule has 0 spiro atoms. The number of hydrogen-bond donors (Lipinski definition) is 3. The minimum absolute atomic E-state index is 0.00737. The Morgan fingerprint density at radius 1 is 1.50 bits per heavy atom. The molecule has 4 N–H and O–H groups in total. The summed E-state index contributed by atoms with van der Waals surface area (Å²) < 4.78 is 0. The van der Waals surface area contributed by atoms with Crippen LogP contribution in [0, 0.1) is 0 Å². The molecular weight excluding hydrogens is 274 g/mol. The lowest BCUT2D eigenvalue weighted by atomic mass is 10.1. The van der Waals surface area contributed by atoms with Crippen molar-refractivity contribution in [3.05, 3.63) is 35.4 Å². The number of hydrogen-bond acceptors (Lipinski definition) is 4. The number of carbonyl (C=O) groups excluding carboxylic acids is 1. The summed E-state index contributed by atoms with van der Waals surface area (Å²) in [4.78, 5) is 12.1. The monoisotopic (exact) mass is 295 g/mol. The van der Waals surface area contributed by atoms with Gasteiger partial charge in [-0.3, -0.25) is 4.79 Å². The van der Waals surface area contributed by atoms with Crippen LogP contribution >= 0.6 is 11.8 Å². The van der Waals surface area contributed by atoms with E-state index in [0.29, 0.717) is 11.1 Å². The van der Waals surface area contributed by atoms with Crippen molar-refractivity contribution >= 4 is 23.5 Å². The first kappa shape index (κ1) is 16.4. The Bertz CT molecular complexity index is 477. The van der Waals surface area contributed by atoms with Crippen LogP contribution in [0.1, 0.15) is 36.2 Å². The van der Waals surface area contributed by atoms with E-state index in [1.54, 1.807) is 24.3 Å². The highest BCUT2D eigenvalue weighted by Crippen LogP contribution is 2.07. The summed E-state index contributed by atoms with van der Waals surface area (Å²) in [6, 6.07) is 6.83. The van der Waals surface area contributed by atoms with Gasteiger partial charge in [0, 0.05) is 17.2 Å². The van der Waals surface area contributed by atoms with E-state index in [-0.39, 0.29) is 17.8 Å². The molecule has 0 saturated heterocycles. The Labute approximate surface area is 123 Å². The fourth-order valence-corrected chi connectivity index (χ4v) is 2.47. The second-order valence-corrected chi connectivity index (χ2v) is 5.82. The molecule has 0 radical (unpaired) electrons. The quantitative estimate of drug-likeness (QED) is 0.236. The summed E-state index contributed by atoms with van der Waals surface area (Å²) in [6.07, 6.45) is 0.935. The number of nitrogens with zero attached hydrogens (tertiary/aromatic N) is 1. The highest BCUT2D eigenvalue weighted by Gasteiger charge is 2.11. The van der Waals surface area contributed by atoms with Crippen LogP contribution < -0.4 is 11.1 Å². The normalized spacial score (nSPS) is 13.0. The lowest BCUT2D eigenvalue weighted by Gasteiger charge is -2.13. The van der Waals surface area contributed by atoms with Crippen molar-refractivity contribution in [3.8, 4) is 0 Å². The summed E-state index contributed by atoms with van der Waals surface area (Å²) in [7, 11) is 0. The Kier molecular flexibility index (Phi) is 6.93. The molecule has 1 unspecified atom stereocenters. The molecule has 1 amide bonds. The molecule has 1 rings (SSSR count).